The van der Waals surface area contributed by atoms with Crippen LogP contribution in [0.3, 0.4) is 0 Å². The Bertz CT molecular complexity index is 473. The van der Waals surface area contributed by atoms with Crippen molar-refractivity contribution in [3.05, 3.63) is 23.2 Å². The van der Waals surface area contributed by atoms with Crippen LogP contribution in [0.2, 0.25) is 5.15 Å². The summed E-state index contributed by atoms with van der Waals surface area (Å²) in [6.07, 6.45) is 6.15. The second-order valence-electron chi connectivity index (χ2n) is 5.35. The molecular weight excluding hydrogens is 281 g/mol. The first-order valence-corrected chi connectivity index (χ1v) is 7.51. The first-order valence-electron chi connectivity index (χ1n) is 7.14. The average molecular weight is 300 g/mol. The second-order valence-corrected chi connectivity index (χ2v) is 5.74. The molecule has 0 atom stereocenters. The Labute approximate surface area is 123 Å². The smallest absolute Gasteiger partial charge is 0.314 e. The van der Waals surface area contributed by atoms with Crippen LogP contribution in [0.4, 0.5) is 4.39 Å². The Kier molecular flexibility index (Phi) is 5.35. The first kappa shape index (κ1) is 15.2. The van der Waals surface area contributed by atoms with E-state index in [9.17, 15) is 9.18 Å². The number of aromatic nitrogens is 1. The van der Waals surface area contributed by atoms with Crippen molar-refractivity contribution in [1.82, 2.24) is 4.98 Å². The normalized spacial score (nSPS) is 22.6. The topological polar surface area (TPSA) is 39.2 Å². The lowest BCUT2D eigenvalue weighted by Gasteiger charge is -2.26. The highest BCUT2D eigenvalue weighted by Gasteiger charge is 2.28. The third-order valence-corrected chi connectivity index (χ3v) is 4.08. The van der Waals surface area contributed by atoms with E-state index >= 15 is 0 Å². The van der Waals surface area contributed by atoms with Gasteiger partial charge in [0.05, 0.1) is 5.92 Å². The van der Waals surface area contributed by atoms with Crippen LogP contribution < -0.4 is 4.74 Å². The van der Waals surface area contributed by atoms with Crippen LogP contribution in [0.25, 0.3) is 0 Å². The summed E-state index contributed by atoms with van der Waals surface area (Å²) in [6.45, 7) is 2.18. The molecule has 20 heavy (non-hydrogen) atoms. The molecule has 0 saturated heterocycles. The van der Waals surface area contributed by atoms with Gasteiger partial charge in [0.1, 0.15) is 5.15 Å². The fraction of sp³-hybridized carbons (Fsp3) is 0.600. The van der Waals surface area contributed by atoms with Crippen molar-refractivity contribution in [2.45, 2.75) is 45.4 Å². The summed E-state index contributed by atoms with van der Waals surface area (Å²) in [7, 11) is 0. The maximum absolute atomic E-state index is 13.5. The van der Waals surface area contributed by atoms with Crippen molar-refractivity contribution < 1.29 is 13.9 Å². The molecule has 1 aromatic heterocycles. The highest BCUT2D eigenvalue weighted by molar-refractivity contribution is 6.29. The monoisotopic (exact) mass is 299 g/mol. The molecule has 0 amide bonds. The summed E-state index contributed by atoms with van der Waals surface area (Å²) in [4.78, 5) is 15.4. The molecule has 5 heteroatoms. The standard InChI is InChI=1S/C15H19ClFNO2/c1-2-3-10-4-6-11(7-5-10)15(19)20-12-8-9-13(16)18-14(12)17/h8-11H,2-7H2,1H3/t10-,11-. The van der Waals surface area contributed by atoms with Crippen molar-refractivity contribution in [2.75, 3.05) is 0 Å². The minimum absolute atomic E-state index is 0.0439. The Morgan fingerprint density at radius 2 is 2.10 bits per heavy atom. The number of carbonyl (C=O) groups is 1. The third kappa shape index (κ3) is 3.92. The minimum atomic E-state index is -0.842. The third-order valence-electron chi connectivity index (χ3n) is 3.87. The van der Waals surface area contributed by atoms with E-state index in [0.29, 0.717) is 0 Å². The SMILES string of the molecule is CCC[C@H]1CC[C@H](C(=O)Oc2ccc(Cl)nc2F)CC1. The molecule has 0 aliphatic heterocycles. The highest BCUT2D eigenvalue weighted by Crippen LogP contribution is 2.32. The Balaban J connectivity index is 1.89. The van der Waals surface area contributed by atoms with Gasteiger partial charge in [-0.05, 0) is 43.7 Å². The predicted molar refractivity (Wildman–Crippen MR) is 75.2 cm³/mol. The molecule has 1 heterocycles. The number of carbonyl (C=O) groups excluding carboxylic acids is 1. The van der Waals surface area contributed by atoms with Crippen LogP contribution in [0.5, 0.6) is 5.75 Å². The van der Waals surface area contributed by atoms with Gasteiger partial charge in [-0.3, -0.25) is 4.79 Å². The quantitative estimate of drug-likeness (QED) is 0.611. The van der Waals surface area contributed by atoms with Gasteiger partial charge in [0.15, 0.2) is 5.75 Å². The van der Waals surface area contributed by atoms with Gasteiger partial charge in [-0.1, -0.05) is 31.4 Å². The summed E-state index contributed by atoms with van der Waals surface area (Å²) in [5.74, 6) is -0.750. The fourth-order valence-corrected chi connectivity index (χ4v) is 2.90. The van der Waals surface area contributed by atoms with E-state index < -0.39 is 5.95 Å². The summed E-state index contributed by atoms with van der Waals surface area (Å²) in [5.41, 5.74) is 0. The zero-order valence-electron chi connectivity index (χ0n) is 11.6. The zero-order chi connectivity index (χ0) is 14.5. The van der Waals surface area contributed by atoms with Gasteiger partial charge >= 0.3 is 5.97 Å². The van der Waals surface area contributed by atoms with E-state index in [2.05, 4.69) is 11.9 Å². The molecule has 0 radical (unpaired) electrons. The largest absolute Gasteiger partial charge is 0.421 e. The van der Waals surface area contributed by atoms with Crippen molar-refractivity contribution in [2.24, 2.45) is 11.8 Å². The molecule has 3 nitrogen and oxygen atoms in total. The minimum Gasteiger partial charge on any atom is -0.421 e. The van der Waals surface area contributed by atoms with Gasteiger partial charge in [0.25, 0.3) is 5.95 Å². The number of ether oxygens (including phenoxy) is 1. The van der Waals surface area contributed by atoms with Gasteiger partial charge in [-0.2, -0.15) is 4.39 Å². The number of rotatable bonds is 4. The molecule has 0 spiro atoms. The van der Waals surface area contributed by atoms with Crippen LogP contribution in [0.1, 0.15) is 45.4 Å². The molecule has 0 unspecified atom stereocenters. The van der Waals surface area contributed by atoms with Crippen molar-refractivity contribution in [3.63, 3.8) is 0 Å². The molecule has 1 aliphatic carbocycles. The number of hydrogen-bond acceptors (Lipinski definition) is 3. The average Bonchev–Trinajstić information content (AvgIpc) is 2.43. The van der Waals surface area contributed by atoms with E-state index in [4.69, 9.17) is 16.3 Å². The van der Waals surface area contributed by atoms with Crippen LogP contribution in [-0.2, 0) is 4.79 Å². The summed E-state index contributed by atoms with van der Waals surface area (Å²) in [6, 6.07) is 2.75. The fourth-order valence-electron chi connectivity index (χ4n) is 2.76. The molecule has 1 fully saturated rings. The first-order chi connectivity index (χ1) is 9.60. The van der Waals surface area contributed by atoms with Gasteiger partial charge < -0.3 is 4.74 Å². The number of nitrogens with zero attached hydrogens (tertiary/aromatic N) is 1. The Morgan fingerprint density at radius 1 is 1.40 bits per heavy atom. The maximum Gasteiger partial charge on any atom is 0.314 e. The molecule has 1 aromatic rings. The number of pyridine rings is 1. The predicted octanol–water partition coefficient (Wildman–Crippen LogP) is 4.39. The molecular formula is C15H19ClFNO2. The van der Waals surface area contributed by atoms with Gasteiger partial charge in [0.2, 0.25) is 0 Å². The molecule has 0 N–H and O–H groups in total. The van der Waals surface area contributed by atoms with E-state index in [-0.39, 0.29) is 22.8 Å². The van der Waals surface area contributed by atoms with Gasteiger partial charge in [-0.25, -0.2) is 4.98 Å². The van der Waals surface area contributed by atoms with Crippen molar-refractivity contribution in [1.29, 1.82) is 0 Å². The van der Waals surface area contributed by atoms with E-state index in [1.165, 1.54) is 25.0 Å². The maximum atomic E-state index is 13.5. The van der Waals surface area contributed by atoms with E-state index in [1.807, 2.05) is 0 Å². The Morgan fingerprint density at radius 3 is 2.70 bits per heavy atom. The lowest BCUT2D eigenvalue weighted by molar-refractivity contribution is -0.140. The van der Waals surface area contributed by atoms with Crippen LogP contribution in [0, 0.1) is 17.8 Å². The molecule has 110 valence electrons. The lowest BCUT2D eigenvalue weighted by atomic mass is 9.80. The Hall–Kier alpha value is -1.16. The number of hydrogen-bond donors (Lipinski definition) is 0. The second kappa shape index (κ2) is 7.02. The molecule has 0 bridgehead atoms. The molecule has 0 aromatic carbocycles. The van der Waals surface area contributed by atoms with Crippen LogP contribution in [-0.4, -0.2) is 11.0 Å². The van der Waals surface area contributed by atoms with Crippen molar-refractivity contribution >= 4 is 17.6 Å². The molecule has 2 rings (SSSR count). The van der Waals surface area contributed by atoms with Crippen LogP contribution in [0.15, 0.2) is 12.1 Å². The highest BCUT2D eigenvalue weighted by atomic mass is 35.5. The summed E-state index contributed by atoms with van der Waals surface area (Å²) < 4.78 is 18.6. The van der Waals surface area contributed by atoms with Gasteiger partial charge in [-0.15, -0.1) is 0 Å². The van der Waals surface area contributed by atoms with Crippen molar-refractivity contribution in [3.8, 4) is 5.75 Å². The van der Waals surface area contributed by atoms with E-state index in [1.54, 1.807) is 0 Å². The van der Waals surface area contributed by atoms with Crippen LogP contribution >= 0.6 is 11.6 Å². The lowest BCUT2D eigenvalue weighted by Crippen LogP contribution is -2.26. The summed E-state index contributed by atoms with van der Waals surface area (Å²) >= 11 is 5.56. The van der Waals surface area contributed by atoms with E-state index in [0.717, 1.165) is 31.6 Å². The molecule has 1 saturated carbocycles. The molecule has 1 aliphatic rings. The number of esters is 1. The zero-order valence-corrected chi connectivity index (χ0v) is 12.3. The van der Waals surface area contributed by atoms with Gasteiger partial charge in [0, 0.05) is 0 Å². The summed E-state index contributed by atoms with van der Waals surface area (Å²) in [5, 5.41) is 0.0439. The number of halogens is 2.